The van der Waals surface area contributed by atoms with Crippen LogP contribution in [-0.4, -0.2) is 24.8 Å². The van der Waals surface area contributed by atoms with E-state index in [1.807, 2.05) is 19.1 Å². The van der Waals surface area contributed by atoms with Crippen LogP contribution in [0.5, 0.6) is 0 Å². The average Bonchev–Trinajstić information content (AvgIpc) is 2.29. The van der Waals surface area contributed by atoms with Gasteiger partial charge in [-0.2, -0.15) is 0 Å². The van der Waals surface area contributed by atoms with Crippen LogP contribution < -0.4 is 11.3 Å². The molecular weight excluding hydrogens is 194 g/mol. The van der Waals surface area contributed by atoms with Crippen LogP contribution in [0.1, 0.15) is 12.5 Å². The van der Waals surface area contributed by atoms with Crippen LogP contribution in [0.2, 0.25) is 0 Å². The average molecular weight is 211 g/mol. The molecule has 0 amide bonds. The van der Waals surface area contributed by atoms with Gasteiger partial charge in [-0.15, -0.1) is 0 Å². The molecule has 84 valence electrons. The maximum Gasteiger partial charge on any atom is 0.140 e. The summed E-state index contributed by atoms with van der Waals surface area (Å²) in [6, 6.07) is 3.74. The number of hydrogen-bond acceptors (Lipinski definition) is 5. The summed E-state index contributed by atoms with van der Waals surface area (Å²) in [7, 11) is 0. The fraction of sp³-hybridized carbons (Fsp3) is 0.500. The van der Waals surface area contributed by atoms with E-state index in [1.54, 1.807) is 6.20 Å². The Morgan fingerprint density at radius 3 is 2.93 bits per heavy atom. The molecule has 0 aliphatic heterocycles. The summed E-state index contributed by atoms with van der Waals surface area (Å²) >= 11 is 0. The normalized spacial score (nSPS) is 10.3. The lowest BCUT2D eigenvalue weighted by molar-refractivity contribution is 0.0453. The van der Waals surface area contributed by atoms with Gasteiger partial charge < -0.3 is 14.9 Å². The van der Waals surface area contributed by atoms with Gasteiger partial charge >= 0.3 is 0 Å². The number of ether oxygens (including phenoxy) is 2. The molecule has 0 radical (unpaired) electrons. The van der Waals surface area contributed by atoms with Gasteiger partial charge in [0.05, 0.1) is 19.8 Å². The van der Waals surface area contributed by atoms with E-state index in [4.69, 9.17) is 15.3 Å². The number of anilines is 1. The second-order valence-corrected chi connectivity index (χ2v) is 2.94. The third-order valence-corrected chi connectivity index (χ3v) is 1.82. The number of pyridine rings is 1. The zero-order chi connectivity index (χ0) is 10.9. The van der Waals surface area contributed by atoms with E-state index in [1.165, 1.54) is 0 Å². The van der Waals surface area contributed by atoms with Gasteiger partial charge in [0.15, 0.2) is 0 Å². The number of nitrogens with two attached hydrogens (primary N) is 1. The number of hydrazine groups is 1. The molecule has 5 heteroatoms. The Morgan fingerprint density at radius 1 is 1.40 bits per heavy atom. The van der Waals surface area contributed by atoms with E-state index < -0.39 is 0 Å². The van der Waals surface area contributed by atoms with Gasteiger partial charge in [0.25, 0.3) is 0 Å². The third-order valence-electron chi connectivity index (χ3n) is 1.82. The Morgan fingerprint density at radius 2 is 2.20 bits per heavy atom. The molecule has 0 atom stereocenters. The van der Waals surface area contributed by atoms with Crippen molar-refractivity contribution in [1.82, 2.24) is 4.98 Å². The first kappa shape index (κ1) is 11.9. The lowest BCUT2D eigenvalue weighted by Crippen LogP contribution is -2.09. The number of nitrogen functional groups attached to an aromatic ring is 1. The van der Waals surface area contributed by atoms with Crippen molar-refractivity contribution in [3.63, 3.8) is 0 Å². The van der Waals surface area contributed by atoms with E-state index >= 15 is 0 Å². The summed E-state index contributed by atoms with van der Waals surface area (Å²) in [4.78, 5) is 4.00. The number of hydrogen-bond donors (Lipinski definition) is 2. The van der Waals surface area contributed by atoms with Gasteiger partial charge in [-0.3, -0.25) is 0 Å². The topological polar surface area (TPSA) is 69.4 Å². The molecule has 0 aliphatic carbocycles. The lowest BCUT2D eigenvalue weighted by atomic mass is 10.3. The molecule has 5 nitrogen and oxygen atoms in total. The molecule has 1 heterocycles. The standard InChI is InChI=1S/C10H17N3O2/c1-2-14-5-6-15-8-9-3-4-12-10(7-9)13-11/h3-4,7H,2,5-6,8,11H2,1H3,(H,12,13). The van der Waals surface area contributed by atoms with Gasteiger partial charge in [0, 0.05) is 12.8 Å². The fourth-order valence-corrected chi connectivity index (χ4v) is 1.10. The number of aromatic nitrogens is 1. The molecule has 1 aromatic heterocycles. The van der Waals surface area contributed by atoms with Crippen molar-refractivity contribution in [3.8, 4) is 0 Å². The molecule has 1 rings (SSSR count). The first-order valence-corrected chi connectivity index (χ1v) is 4.94. The highest BCUT2D eigenvalue weighted by atomic mass is 16.5. The highest BCUT2D eigenvalue weighted by Gasteiger charge is 1.95. The molecule has 0 fully saturated rings. The molecule has 0 aliphatic rings. The largest absolute Gasteiger partial charge is 0.379 e. The summed E-state index contributed by atoms with van der Waals surface area (Å²) in [6.07, 6.45) is 1.69. The number of nitrogens with one attached hydrogen (secondary N) is 1. The van der Waals surface area contributed by atoms with Gasteiger partial charge in [-0.1, -0.05) is 0 Å². The Kier molecular flexibility index (Phi) is 5.69. The highest BCUT2D eigenvalue weighted by Crippen LogP contribution is 2.06. The lowest BCUT2D eigenvalue weighted by Gasteiger charge is -2.05. The van der Waals surface area contributed by atoms with Crippen LogP contribution in [0.3, 0.4) is 0 Å². The van der Waals surface area contributed by atoms with Crippen molar-refractivity contribution >= 4 is 5.82 Å². The molecule has 3 N–H and O–H groups in total. The fourth-order valence-electron chi connectivity index (χ4n) is 1.10. The summed E-state index contributed by atoms with van der Waals surface area (Å²) in [5, 5.41) is 0. The van der Waals surface area contributed by atoms with E-state index in [9.17, 15) is 0 Å². The zero-order valence-electron chi connectivity index (χ0n) is 8.90. The van der Waals surface area contributed by atoms with E-state index in [-0.39, 0.29) is 0 Å². The van der Waals surface area contributed by atoms with Crippen molar-refractivity contribution < 1.29 is 9.47 Å². The van der Waals surface area contributed by atoms with Gasteiger partial charge in [0.1, 0.15) is 5.82 Å². The van der Waals surface area contributed by atoms with Crippen LogP contribution in [0.25, 0.3) is 0 Å². The minimum absolute atomic E-state index is 0.546. The summed E-state index contributed by atoms with van der Waals surface area (Å²) in [6.45, 7) is 4.46. The van der Waals surface area contributed by atoms with E-state index in [2.05, 4.69) is 10.4 Å². The Balaban J connectivity index is 2.24. The number of rotatable bonds is 7. The third kappa shape index (κ3) is 4.73. The van der Waals surface area contributed by atoms with Crippen LogP contribution in [-0.2, 0) is 16.1 Å². The molecule has 0 saturated carbocycles. The predicted molar refractivity (Wildman–Crippen MR) is 58.2 cm³/mol. The van der Waals surface area contributed by atoms with Crippen molar-refractivity contribution in [2.75, 3.05) is 25.2 Å². The minimum atomic E-state index is 0.546. The molecule has 0 bridgehead atoms. The Hall–Kier alpha value is -1.17. The first-order chi connectivity index (χ1) is 7.36. The number of nitrogens with zero attached hydrogens (tertiary/aromatic N) is 1. The van der Waals surface area contributed by atoms with Gasteiger partial charge in [0.2, 0.25) is 0 Å². The minimum Gasteiger partial charge on any atom is -0.379 e. The van der Waals surface area contributed by atoms with Crippen LogP contribution in [0.4, 0.5) is 5.82 Å². The van der Waals surface area contributed by atoms with Crippen LogP contribution in [0, 0.1) is 0 Å². The SMILES string of the molecule is CCOCCOCc1ccnc(NN)c1. The van der Waals surface area contributed by atoms with Crippen molar-refractivity contribution in [2.24, 2.45) is 5.84 Å². The Labute approximate surface area is 89.6 Å². The van der Waals surface area contributed by atoms with Crippen LogP contribution >= 0.6 is 0 Å². The molecule has 0 aromatic carbocycles. The first-order valence-electron chi connectivity index (χ1n) is 4.94. The van der Waals surface area contributed by atoms with Crippen molar-refractivity contribution in [3.05, 3.63) is 23.9 Å². The molecule has 1 aromatic rings. The summed E-state index contributed by atoms with van der Waals surface area (Å²) < 4.78 is 10.5. The summed E-state index contributed by atoms with van der Waals surface area (Å²) in [5.41, 5.74) is 3.52. The Bertz CT molecular complexity index is 281. The molecule has 0 saturated heterocycles. The molecule has 0 unspecified atom stereocenters. The van der Waals surface area contributed by atoms with Gasteiger partial charge in [-0.25, -0.2) is 10.8 Å². The second kappa shape index (κ2) is 7.17. The second-order valence-electron chi connectivity index (χ2n) is 2.94. The molecular formula is C10H17N3O2. The van der Waals surface area contributed by atoms with Crippen LogP contribution in [0.15, 0.2) is 18.3 Å². The quantitative estimate of drug-likeness (QED) is 0.399. The summed E-state index contributed by atoms with van der Waals surface area (Å²) in [5.74, 6) is 5.88. The van der Waals surface area contributed by atoms with E-state index in [0.29, 0.717) is 25.6 Å². The maximum absolute atomic E-state index is 5.40. The van der Waals surface area contributed by atoms with Crippen molar-refractivity contribution in [1.29, 1.82) is 0 Å². The molecule has 15 heavy (non-hydrogen) atoms. The molecule has 0 spiro atoms. The smallest absolute Gasteiger partial charge is 0.140 e. The maximum atomic E-state index is 5.40. The van der Waals surface area contributed by atoms with E-state index in [0.717, 1.165) is 12.2 Å². The predicted octanol–water partition coefficient (Wildman–Crippen LogP) is 0.920. The van der Waals surface area contributed by atoms with Gasteiger partial charge in [-0.05, 0) is 24.6 Å². The van der Waals surface area contributed by atoms with Crippen molar-refractivity contribution in [2.45, 2.75) is 13.5 Å². The zero-order valence-corrected chi connectivity index (χ0v) is 8.90. The highest BCUT2D eigenvalue weighted by molar-refractivity contribution is 5.35. The monoisotopic (exact) mass is 211 g/mol.